The van der Waals surface area contributed by atoms with Gasteiger partial charge >= 0.3 is 0 Å². The Morgan fingerprint density at radius 1 is 1.70 bits per heavy atom. The van der Waals surface area contributed by atoms with Gasteiger partial charge in [-0.05, 0) is 12.0 Å². The molecule has 0 aromatic carbocycles. The van der Waals surface area contributed by atoms with E-state index in [2.05, 4.69) is 30.4 Å². The molecule has 0 bridgehead atoms. The van der Waals surface area contributed by atoms with Crippen LogP contribution < -0.4 is 0 Å². The molecule has 0 aliphatic rings. The van der Waals surface area contributed by atoms with Gasteiger partial charge in [-0.25, -0.2) is 4.98 Å². The highest BCUT2D eigenvalue weighted by Gasteiger charge is 2.00. The standard InChI is InChI=1S/C8H12N2/c1-4-8-9-5-7(10-8)6(2)3/h4-6H,1H2,2-3H3,(H,9,10). The largest absolute Gasteiger partial charge is 0.342 e. The zero-order valence-corrected chi connectivity index (χ0v) is 6.39. The van der Waals surface area contributed by atoms with Gasteiger partial charge in [-0.1, -0.05) is 20.4 Å². The lowest BCUT2D eigenvalue weighted by molar-refractivity contribution is 0.831. The van der Waals surface area contributed by atoms with Crippen molar-refractivity contribution in [3.8, 4) is 0 Å². The minimum atomic E-state index is 0.515. The Morgan fingerprint density at radius 3 is 2.70 bits per heavy atom. The van der Waals surface area contributed by atoms with Gasteiger partial charge in [0, 0.05) is 11.9 Å². The van der Waals surface area contributed by atoms with Crippen LogP contribution in [0.2, 0.25) is 0 Å². The summed E-state index contributed by atoms with van der Waals surface area (Å²) in [6, 6.07) is 0. The molecule has 54 valence electrons. The van der Waals surface area contributed by atoms with Gasteiger partial charge in [0.2, 0.25) is 0 Å². The van der Waals surface area contributed by atoms with Crippen molar-refractivity contribution in [2.24, 2.45) is 0 Å². The summed E-state index contributed by atoms with van der Waals surface area (Å²) in [5, 5.41) is 0. The quantitative estimate of drug-likeness (QED) is 0.663. The summed E-state index contributed by atoms with van der Waals surface area (Å²) < 4.78 is 0. The first-order valence-corrected chi connectivity index (χ1v) is 3.41. The smallest absolute Gasteiger partial charge is 0.129 e. The Kier molecular flexibility index (Phi) is 1.90. The average molecular weight is 136 g/mol. The van der Waals surface area contributed by atoms with Gasteiger partial charge in [-0.15, -0.1) is 0 Å². The first kappa shape index (κ1) is 7.06. The minimum absolute atomic E-state index is 0.515. The molecule has 0 aliphatic carbocycles. The molecule has 0 radical (unpaired) electrons. The van der Waals surface area contributed by atoms with E-state index < -0.39 is 0 Å². The van der Waals surface area contributed by atoms with Gasteiger partial charge in [-0.3, -0.25) is 0 Å². The number of hydrogen-bond donors (Lipinski definition) is 1. The fourth-order valence-corrected chi connectivity index (χ4v) is 0.749. The maximum Gasteiger partial charge on any atom is 0.129 e. The molecule has 0 aliphatic heterocycles. The Bertz CT molecular complexity index is 223. The average Bonchev–Trinajstić information content (AvgIpc) is 2.34. The summed E-state index contributed by atoms with van der Waals surface area (Å²) in [5.41, 5.74) is 1.16. The van der Waals surface area contributed by atoms with E-state index in [1.165, 1.54) is 0 Å². The number of rotatable bonds is 2. The maximum atomic E-state index is 4.08. The molecule has 0 unspecified atom stereocenters. The summed E-state index contributed by atoms with van der Waals surface area (Å²) in [4.78, 5) is 7.22. The van der Waals surface area contributed by atoms with Crippen molar-refractivity contribution >= 4 is 6.08 Å². The van der Waals surface area contributed by atoms with Crippen LogP contribution in [0.1, 0.15) is 31.3 Å². The molecule has 0 atom stereocenters. The normalized spacial score (nSPS) is 10.3. The van der Waals surface area contributed by atoms with E-state index >= 15 is 0 Å². The molecule has 0 fully saturated rings. The van der Waals surface area contributed by atoms with Crippen LogP contribution in [0.15, 0.2) is 12.8 Å². The molecule has 1 rings (SSSR count). The number of nitrogens with one attached hydrogen (secondary N) is 1. The summed E-state index contributed by atoms with van der Waals surface area (Å²) in [5.74, 6) is 1.37. The number of aromatic nitrogens is 2. The molecule has 10 heavy (non-hydrogen) atoms. The van der Waals surface area contributed by atoms with E-state index in [9.17, 15) is 0 Å². The summed E-state index contributed by atoms with van der Waals surface area (Å²) in [6.07, 6.45) is 3.56. The van der Waals surface area contributed by atoms with Crippen molar-refractivity contribution in [3.05, 3.63) is 24.3 Å². The van der Waals surface area contributed by atoms with Crippen LogP contribution in [-0.2, 0) is 0 Å². The second-order valence-electron chi connectivity index (χ2n) is 2.58. The third-order valence-electron chi connectivity index (χ3n) is 1.43. The first-order valence-electron chi connectivity index (χ1n) is 3.41. The van der Waals surface area contributed by atoms with Crippen molar-refractivity contribution in [3.63, 3.8) is 0 Å². The molecular weight excluding hydrogens is 124 g/mol. The van der Waals surface area contributed by atoms with Gasteiger partial charge in [0.1, 0.15) is 5.82 Å². The first-order chi connectivity index (χ1) is 4.74. The molecule has 2 heteroatoms. The molecule has 0 amide bonds. The SMILES string of the molecule is C=Cc1ncc(C(C)C)[nH]1. The Balaban J connectivity index is 2.88. The van der Waals surface area contributed by atoms with Crippen molar-refractivity contribution in [1.82, 2.24) is 9.97 Å². The third kappa shape index (κ3) is 1.26. The predicted octanol–water partition coefficient (Wildman–Crippen LogP) is 2.18. The van der Waals surface area contributed by atoms with Crippen molar-refractivity contribution in [2.75, 3.05) is 0 Å². The summed E-state index contributed by atoms with van der Waals surface area (Å²) in [6.45, 7) is 7.86. The molecule has 0 saturated heterocycles. The lowest BCUT2D eigenvalue weighted by atomic mass is 10.2. The lowest BCUT2D eigenvalue weighted by Crippen LogP contribution is -1.85. The number of nitrogens with zero attached hydrogens (tertiary/aromatic N) is 1. The zero-order valence-electron chi connectivity index (χ0n) is 6.39. The van der Waals surface area contributed by atoms with Crippen LogP contribution in [-0.4, -0.2) is 9.97 Å². The zero-order chi connectivity index (χ0) is 7.56. The number of aromatic amines is 1. The topological polar surface area (TPSA) is 28.7 Å². The Labute approximate surface area is 61.0 Å². The van der Waals surface area contributed by atoms with Crippen LogP contribution in [0.4, 0.5) is 0 Å². The second kappa shape index (κ2) is 2.69. The van der Waals surface area contributed by atoms with Crippen LogP contribution >= 0.6 is 0 Å². The van der Waals surface area contributed by atoms with Crippen LogP contribution in [0.5, 0.6) is 0 Å². The lowest BCUT2D eigenvalue weighted by Gasteiger charge is -1.96. The third-order valence-corrected chi connectivity index (χ3v) is 1.43. The number of hydrogen-bond acceptors (Lipinski definition) is 1. The summed E-state index contributed by atoms with van der Waals surface area (Å²) in [7, 11) is 0. The van der Waals surface area contributed by atoms with Gasteiger partial charge in [0.05, 0.1) is 0 Å². The molecule has 1 N–H and O–H groups in total. The number of H-pyrrole nitrogens is 1. The van der Waals surface area contributed by atoms with Gasteiger partial charge in [0.15, 0.2) is 0 Å². The number of imidazole rings is 1. The highest BCUT2D eigenvalue weighted by molar-refractivity contribution is 5.36. The highest BCUT2D eigenvalue weighted by atomic mass is 14.9. The Morgan fingerprint density at radius 2 is 2.40 bits per heavy atom. The van der Waals surface area contributed by atoms with Crippen molar-refractivity contribution < 1.29 is 0 Å². The minimum Gasteiger partial charge on any atom is -0.342 e. The summed E-state index contributed by atoms with van der Waals surface area (Å²) >= 11 is 0. The van der Waals surface area contributed by atoms with E-state index in [1.807, 2.05) is 6.20 Å². The van der Waals surface area contributed by atoms with E-state index in [0.717, 1.165) is 11.5 Å². The predicted molar refractivity (Wildman–Crippen MR) is 42.8 cm³/mol. The maximum absolute atomic E-state index is 4.08. The Hall–Kier alpha value is -1.05. The van der Waals surface area contributed by atoms with E-state index in [1.54, 1.807) is 6.08 Å². The van der Waals surface area contributed by atoms with Gasteiger partial charge in [-0.2, -0.15) is 0 Å². The highest BCUT2D eigenvalue weighted by Crippen LogP contribution is 2.10. The molecule has 0 saturated carbocycles. The molecule has 0 spiro atoms. The molecule has 2 nitrogen and oxygen atoms in total. The monoisotopic (exact) mass is 136 g/mol. The fourth-order valence-electron chi connectivity index (χ4n) is 0.749. The molecule has 1 aromatic rings. The van der Waals surface area contributed by atoms with E-state index in [-0.39, 0.29) is 0 Å². The van der Waals surface area contributed by atoms with Crippen molar-refractivity contribution in [2.45, 2.75) is 19.8 Å². The van der Waals surface area contributed by atoms with Crippen LogP contribution in [0, 0.1) is 0 Å². The second-order valence-corrected chi connectivity index (χ2v) is 2.58. The molecule has 1 aromatic heterocycles. The van der Waals surface area contributed by atoms with Gasteiger partial charge in [0.25, 0.3) is 0 Å². The molecular formula is C8H12N2. The van der Waals surface area contributed by atoms with Crippen LogP contribution in [0.25, 0.3) is 6.08 Å². The van der Waals surface area contributed by atoms with Gasteiger partial charge < -0.3 is 4.98 Å². The fraction of sp³-hybridized carbons (Fsp3) is 0.375. The van der Waals surface area contributed by atoms with Crippen LogP contribution in [0.3, 0.4) is 0 Å². The molecule has 1 heterocycles. The van der Waals surface area contributed by atoms with E-state index in [4.69, 9.17) is 0 Å². The van der Waals surface area contributed by atoms with E-state index in [0.29, 0.717) is 5.92 Å². The van der Waals surface area contributed by atoms with Crippen molar-refractivity contribution in [1.29, 1.82) is 0 Å².